The molecule has 0 unspecified atom stereocenters. The number of rotatable bonds is 4. The third-order valence-corrected chi connectivity index (χ3v) is 5.95. The maximum absolute atomic E-state index is 12.4. The van der Waals surface area contributed by atoms with Gasteiger partial charge in [0.05, 0.1) is 5.75 Å². The van der Waals surface area contributed by atoms with Crippen LogP contribution in [0.5, 0.6) is 0 Å². The molecule has 2 fully saturated rings. The lowest BCUT2D eigenvalue weighted by Gasteiger charge is -2.36. The topological polar surface area (TPSA) is 52.7 Å². The lowest BCUT2D eigenvalue weighted by atomic mass is 9.96. The Kier molecular flexibility index (Phi) is 6.62. The van der Waals surface area contributed by atoms with Crippen LogP contribution in [-0.2, 0) is 4.79 Å². The zero-order valence-electron chi connectivity index (χ0n) is 14.7. The Hall–Kier alpha value is -1.69. The van der Waals surface area contributed by atoms with E-state index < -0.39 is 0 Å². The smallest absolute Gasteiger partial charge is 0.317 e. The first kappa shape index (κ1) is 18.1. The number of amides is 3. The summed E-state index contributed by atoms with van der Waals surface area (Å²) < 4.78 is 0. The van der Waals surface area contributed by atoms with Gasteiger partial charge in [-0.15, -0.1) is 11.8 Å². The van der Waals surface area contributed by atoms with Crippen LogP contribution in [0.15, 0.2) is 35.2 Å². The summed E-state index contributed by atoms with van der Waals surface area (Å²) in [5.41, 5.74) is 0. The molecule has 1 heterocycles. The molecule has 1 aliphatic carbocycles. The largest absolute Gasteiger partial charge is 0.338 e. The molecule has 1 aromatic rings. The molecule has 1 saturated carbocycles. The molecule has 1 N–H and O–H groups in total. The normalized spacial score (nSPS) is 18.9. The van der Waals surface area contributed by atoms with Crippen LogP contribution in [0, 0.1) is 0 Å². The van der Waals surface area contributed by atoms with E-state index in [1.807, 2.05) is 40.1 Å². The number of nitrogens with zero attached hydrogens (tertiary/aromatic N) is 2. The van der Waals surface area contributed by atoms with Crippen molar-refractivity contribution in [2.45, 2.75) is 43.0 Å². The van der Waals surface area contributed by atoms with Gasteiger partial charge in [0.25, 0.3) is 0 Å². The summed E-state index contributed by atoms with van der Waals surface area (Å²) in [6.07, 6.45) is 5.91. The SMILES string of the molecule is O=C(CSc1ccccc1)N1CCN(C(=O)NC2CCCCC2)CC1. The quantitative estimate of drug-likeness (QED) is 0.839. The Morgan fingerprint density at radius 3 is 2.28 bits per heavy atom. The minimum atomic E-state index is 0.0395. The number of carbonyl (C=O) groups is 2. The first-order chi connectivity index (χ1) is 12.2. The maximum atomic E-state index is 12.4. The maximum Gasteiger partial charge on any atom is 0.317 e. The molecule has 0 aromatic heterocycles. The van der Waals surface area contributed by atoms with Gasteiger partial charge >= 0.3 is 6.03 Å². The van der Waals surface area contributed by atoms with E-state index in [4.69, 9.17) is 0 Å². The highest BCUT2D eigenvalue weighted by Gasteiger charge is 2.25. The number of nitrogens with one attached hydrogen (secondary N) is 1. The summed E-state index contributed by atoms with van der Waals surface area (Å²) in [5, 5.41) is 3.16. The van der Waals surface area contributed by atoms with E-state index in [0.29, 0.717) is 38.0 Å². The van der Waals surface area contributed by atoms with Crippen LogP contribution >= 0.6 is 11.8 Å². The zero-order chi connectivity index (χ0) is 17.5. The van der Waals surface area contributed by atoms with Gasteiger partial charge < -0.3 is 15.1 Å². The minimum Gasteiger partial charge on any atom is -0.338 e. The molecule has 1 aromatic carbocycles. The van der Waals surface area contributed by atoms with Crippen molar-refractivity contribution < 1.29 is 9.59 Å². The molecule has 136 valence electrons. The van der Waals surface area contributed by atoms with Gasteiger partial charge in [-0.25, -0.2) is 4.79 Å². The van der Waals surface area contributed by atoms with Crippen LogP contribution in [0.2, 0.25) is 0 Å². The second-order valence-corrected chi connectivity index (χ2v) is 7.80. The molecular formula is C19H27N3O2S. The third kappa shape index (κ3) is 5.39. The van der Waals surface area contributed by atoms with E-state index in [1.54, 1.807) is 11.8 Å². The Labute approximate surface area is 154 Å². The van der Waals surface area contributed by atoms with Gasteiger partial charge in [-0.1, -0.05) is 37.5 Å². The van der Waals surface area contributed by atoms with Crippen LogP contribution < -0.4 is 5.32 Å². The number of benzene rings is 1. The van der Waals surface area contributed by atoms with Gasteiger partial charge in [0, 0.05) is 37.1 Å². The van der Waals surface area contributed by atoms with E-state index in [0.717, 1.165) is 17.7 Å². The van der Waals surface area contributed by atoms with Gasteiger partial charge in [-0.3, -0.25) is 4.79 Å². The molecule has 0 radical (unpaired) electrons. The predicted octanol–water partition coefficient (Wildman–Crippen LogP) is 2.97. The highest BCUT2D eigenvalue weighted by Crippen LogP contribution is 2.19. The molecule has 0 spiro atoms. The molecule has 6 heteroatoms. The third-order valence-electron chi connectivity index (χ3n) is 4.96. The van der Waals surface area contributed by atoms with Crippen molar-refractivity contribution in [2.24, 2.45) is 0 Å². The molecule has 1 aliphatic heterocycles. The Balaban J connectivity index is 1.38. The van der Waals surface area contributed by atoms with E-state index in [9.17, 15) is 9.59 Å². The number of hydrogen-bond acceptors (Lipinski definition) is 3. The van der Waals surface area contributed by atoms with Crippen molar-refractivity contribution in [3.05, 3.63) is 30.3 Å². The fourth-order valence-corrected chi connectivity index (χ4v) is 4.25. The van der Waals surface area contributed by atoms with Crippen LogP contribution in [0.25, 0.3) is 0 Å². The van der Waals surface area contributed by atoms with Crippen LogP contribution in [0.4, 0.5) is 4.79 Å². The first-order valence-electron chi connectivity index (χ1n) is 9.23. The molecule has 1 saturated heterocycles. The van der Waals surface area contributed by atoms with Gasteiger partial charge in [0.1, 0.15) is 0 Å². The van der Waals surface area contributed by atoms with E-state index in [-0.39, 0.29) is 11.9 Å². The lowest BCUT2D eigenvalue weighted by Crippen LogP contribution is -2.55. The van der Waals surface area contributed by atoms with E-state index in [2.05, 4.69) is 5.32 Å². The Morgan fingerprint density at radius 2 is 1.60 bits per heavy atom. The Morgan fingerprint density at radius 1 is 0.960 bits per heavy atom. The molecular weight excluding hydrogens is 334 g/mol. The predicted molar refractivity (Wildman–Crippen MR) is 101 cm³/mol. The van der Waals surface area contributed by atoms with Gasteiger partial charge in [0.15, 0.2) is 0 Å². The van der Waals surface area contributed by atoms with Gasteiger partial charge in [0.2, 0.25) is 5.91 Å². The molecule has 3 rings (SSSR count). The van der Waals surface area contributed by atoms with Crippen molar-refractivity contribution in [1.29, 1.82) is 0 Å². The van der Waals surface area contributed by atoms with E-state index in [1.165, 1.54) is 19.3 Å². The molecule has 5 nitrogen and oxygen atoms in total. The molecule has 0 atom stereocenters. The number of piperazine rings is 1. The summed E-state index contributed by atoms with van der Waals surface area (Å²) in [4.78, 5) is 29.5. The fraction of sp³-hybridized carbons (Fsp3) is 0.579. The van der Waals surface area contributed by atoms with Crippen molar-refractivity contribution in [2.75, 3.05) is 31.9 Å². The van der Waals surface area contributed by atoms with Crippen molar-refractivity contribution in [1.82, 2.24) is 15.1 Å². The van der Waals surface area contributed by atoms with Crippen molar-refractivity contribution in [3.8, 4) is 0 Å². The van der Waals surface area contributed by atoms with Crippen LogP contribution in [-0.4, -0.2) is 59.7 Å². The summed E-state index contributed by atoms with van der Waals surface area (Å²) in [6, 6.07) is 10.4. The summed E-state index contributed by atoms with van der Waals surface area (Å²) in [5.74, 6) is 0.611. The Bertz CT molecular complexity index is 567. The highest BCUT2D eigenvalue weighted by atomic mass is 32.2. The molecule has 0 bridgehead atoms. The first-order valence-corrected chi connectivity index (χ1v) is 10.2. The molecule has 25 heavy (non-hydrogen) atoms. The van der Waals surface area contributed by atoms with Gasteiger partial charge in [-0.05, 0) is 25.0 Å². The average molecular weight is 362 g/mol. The summed E-state index contributed by atoms with van der Waals surface area (Å²) in [7, 11) is 0. The molecule has 2 aliphatic rings. The monoisotopic (exact) mass is 361 g/mol. The standard InChI is InChI=1S/C19H27N3O2S/c23-18(15-25-17-9-5-2-6-10-17)21-11-13-22(14-12-21)19(24)20-16-7-3-1-4-8-16/h2,5-6,9-10,16H,1,3-4,7-8,11-15H2,(H,20,24). The lowest BCUT2D eigenvalue weighted by molar-refractivity contribution is -0.129. The van der Waals surface area contributed by atoms with Crippen LogP contribution in [0.3, 0.4) is 0 Å². The summed E-state index contributed by atoms with van der Waals surface area (Å²) >= 11 is 1.57. The second-order valence-electron chi connectivity index (χ2n) is 6.75. The minimum absolute atomic E-state index is 0.0395. The number of thioether (sulfide) groups is 1. The number of carbonyl (C=O) groups excluding carboxylic acids is 2. The number of urea groups is 1. The number of hydrogen-bond donors (Lipinski definition) is 1. The highest BCUT2D eigenvalue weighted by molar-refractivity contribution is 8.00. The van der Waals surface area contributed by atoms with E-state index >= 15 is 0 Å². The van der Waals surface area contributed by atoms with Crippen molar-refractivity contribution in [3.63, 3.8) is 0 Å². The van der Waals surface area contributed by atoms with Gasteiger partial charge in [-0.2, -0.15) is 0 Å². The summed E-state index contributed by atoms with van der Waals surface area (Å²) in [6.45, 7) is 2.51. The fourth-order valence-electron chi connectivity index (χ4n) is 3.42. The average Bonchev–Trinajstić information content (AvgIpc) is 2.68. The zero-order valence-corrected chi connectivity index (χ0v) is 15.5. The van der Waals surface area contributed by atoms with Crippen molar-refractivity contribution >= 4 is 23.7 Å². The second kappa shape index (κ2) is 9.13. The van der Waals surface area contributed by atoms with Crippen LogP contribution in [0.1, 0.15) is 32.1 Å². The molecule has 3 amide bonds.